The second kappa shape index (κ2) is 31.1. The lowest BCUT2D eigenvalue weighted by Gasteiger charge is -2.30. The zero-order valence-corrected chi connectivity index (χ0v) is 67.3. The van der Waals surface area contributed by atoms with Crippen molar-refractivity contribution in [3.63, 3.8) is 0 Å². The van der Waals surface area contributed by atoms with Crippen molar-refractivity contribution in [1.29, 1.82) is 0 Å². The molecule has 6 heterocycles. The van der Waals surface area contributed by atoms with Crippen LogP contribution in [-0.4, -0.2) is 42.0 Å². The van der Waals surface area contributed by atoms with Gasteiger partial charge in [-0.05, 0) is 145 Å². The van der Waals surface area contributed by atoms with Crippen LogP contribution in [0.2, 0.25) is 0 Å². The molecule has 0 radical (unpaired) electrons. The molecule has 0 fully saturated rings. The Morgan fingerprint density at radius 3 is 0.863 bits per heavy atom. The Balaban J connectivity index is 0.000000143. The lowest BCUT2D eigenvalue weighted by molar-refractivity contribution is 0.584. The summed E-state index contributed by atoms with van der Waals surface area (Å²) in [4.78, 5) is 35.7. The van der Waals surface area contributed by atoms with Crippen LogP contribution in [0.15, 0.2) is 433 Å². The Morgan fingerprint density at radius 1 is 0.210 bits per heavy atom. The Kier molecular flexibility index (Phi) is 18.3. The molecule has 10 nitrogen and oxygen atoms in total. The van der Waals surface area contributed by atoms with E-state index in [0.717, 1.165) is 100 Å². The van der Waals surface area contributed by atoms with Gasteiger partial charge in [-0.25, -0.2) is 29.9 Å². The third kappa shape index (κ3) is 13.3. The molecule has 2 aliphatic heterocycles. The molecule has 0 N–H and O–H groups in total. The number of benzene rings is 16. The van der Waals surface area contributed by atoms with Gasteiger partial charge in [-0.3, -0.25) is 0 Å². The van der Waals surface area contributed by atoms with Crippen molar-refractivity contribution < 1.29 is 8.83 Å². The fraction of sp³-hybridized carbons (Fsp3) is 0.0351. The van der Waals surface area contributed by atoms with Crippen molar-refractivity contribution >= 4 is 56.8 Å². The van der Waals surface area contributed by atoms with Crippen molar-refractivity contribution in [2.75, 3.05) is 9.80 Å². The van der Waals surface area contributed by atoms with Gasteiger partial charge in [0.25, 0.3) is 0 Å². The molecule has 0 bridgehead atoms. The molecule has 0 amide bonds. The van der Waals surface area contributed by atoms with Crippen LogP contribution in [0.4, 0.5) is 22.7 Å². The highest BCUT2D eigenvalue weighted by Crippen LogP contribution is 2.57. The van der Waals surface area contributed by atoms with Crippen molar-refractivity contribution in [1.82, 2.24) is 29.9 Å². The summed E-state index contributed by atoms with van der Waals surface area (Å²) in [7, 11) is 0. The van der Waals surface area contributed by atoms with Crippen LogP contribution >= 0.6 is 0 Å². The predicted octanol–water partition coefficient (Wildman–Crippen LogP) is 28.6. The lowest BCUT2D eigenvalue weighted by atomic mass is 9.82. The maximum atomic E-state index is 6.92. The first-order valence-corrected chi connectivity index (χ1v) is 42.2. The van der Waals surface area contributed by atoms with E-state index < -0.39 is 0 Å². The smallest absolute Gasteiger partial charge is 0.167 e. The number of fused-ring (bicyclic) bond motifs is 14. The number of rotatable bonds is 14. The highest BCUT2D eigenvalue weighted by molar-refractivity contribution is 6.00. The average Bonchev–Trinajstić information content (AvgIpc) is 1.56. The fourth-order valence-corrected chi connectivity index (χ4v) is 18.8. The summed E-state index contributed by atoms with van der Waals surface area (Å²) < 4.78 is 13.8. The second-order valence-electron chi connectivity index (χ2n) is 31.9. The van der Waals surface area contributed by atoms with Crippen molar-refractivity contribution in [2.45, 2.75) is 23.9 Å². The Bertz CT molecular complexity index is 7480. The number of hydrogen-bond donors (Lipinski definition) is 0. The molecule has 0 saturated carbocycles. The highest BCUT2D eigenvalue weighted by atomic mass is 16.3. The van der Waals surface area contributed by atoms with Gasteiger partial charge in [0.05, 0.1) is 23.2 Å². The fourth-order valence-electron chi connectivity index (χ4n) is 18.8. The minimum absolute atomic E-state index is 0.0467. The van der Waals surface area contributed by atoms with Gasteiger partial charge in [0.1, 0.15) is 22.7 Å². The molecule has 124 heavy (non-hydrogen) atoms. The van der Waals surface area contributed by atoms with Gasteiger partial charge in [-0.15, -0.1) is 0 Å². The number of para-hydroxylation sites is 4. The summed E-state index contributed by atoms with van der Waals surface area (Å²) in [6, 6.07) is 145. The molecule has 20 aromatic rings. The summed E-state index contributed by atoms with van der Waals surface area (Å²) in [6.45, 7) is 0. The van der Waals surface area contributed by atoms with Crippen LogP contribution < -0.4 is 9.80 Å². The van der Waals surface area contributed by atoms with Gasteiger partial charge in [0, 0.05) is 78.7 Å². The molecule has 4 aromatic heterocycles. The van der Waals surface area contributed by atoms with E-state index in [0.29, 0.717) is 34.9 Å². The largest absolute Gasteiger partial charge is 0.456 e. The highest BCUT2D eigenvalue weighted by Gasteiger charge is 2.46. The summed E-state index contributed by atoms with van der Waals surface area (Å²) in [5.41, 5.74) is 30.6. The van der Waals surface area contributed by atoms with E-state index in [1.807, 2.05) is 72.8 Å². The van der Waals surface area contributed by atoms with E-state index in [-0.39, 0.29) is 23.9 Å². The number of hydrogen-bond acceptors (Lipinski definition) is 10. The van der Waals surface area contributed by atoms with Gasteiger partial charge in [0.2, 0.25) is 0 Å². The van der Waals surface area contributed by atoms with Crippen LogP contribution in [0.1, 0.15) is 45.6 Å². The maximum Gasteiger partial charge on any atom is 0.167 e. The van der Waals surface area contributed by atoms with Crippen LogP contribution in [0, 0.1) is 0 Å². The topological polar surface area (TPSA) is 110 Å². The molecule has 24 rings (SSSR count). The van der Waals surface area contributed by atoms with Gasteiger partial charge < -0.3 is 18.6 Å². The molecule has 4 unspecified atom stereocenters. The number of nitrogens with zero attached hydrogens (tertiary/aromatic N) is 8. The van der Waals surface area contributed by atoms with E-state index >= 15 is 0 Å². The molecular formula is C114H76N8O2. The third-order valence-corrected chi connectivity index (χ3v) is 24.6. The van der Waals surface area contributed by atoms with E-state index in [4.69, 9.17) is 38.7 Å². The molecule has 10 heteroatoms. The van der Waals surface area contributed by atoms with Gasteiger partial charge in [-0.2, -0.15) is 0 Å². The molecule has 0 spiro atoms. The summed E-state index contributed by atoms with van der Waals surface area (Å²) in [5.74, 6) is 5.40. The van der Waals surface area contributed by atoms with E-state index in [9.17, 15) is 0 Å². The first kappa shape index (κ1) is 72.9. The Morgan fingerprint density at radius 2 is 0.476 bits per heavy atom. The molecule has 584 valence electrons. The monoisotopic (exact) mass is 1590 g/mol. The van der Waals surface area contributed by atoms with Crippen molar-refractivity contribution in [3.05, 3.63) is 458 Å². The molecule has 16 aromatic carbocycles. The third-order valence-electron chi connectivity index (χ3n) is 24.6. The second-order valence-corrected chi connectivity index (χ2v) is 31.9. The number of furan rings is 2. The normalized spacial score (nSPS) is 15.0. The van der Waals surface area contributed by atoms with Crippen LogP contribution in [0.5, 0.6) is 0 Å². The van der Waals surface area contributed by atoms with Gasteiger partial charge in [-0.1, -0.05) is 370 Å². The Labute approximate surface area is 718 Å². The quantitative estimate of drug-likeness (QED) is 0.104. The first-order chi connectivity index (χ1) is 61.5. The minimum atomic E-state index is 0.0467. The average molecular weight is 1590 g/mol. The molecule has 2 aliphatic carbocycles. The zero-order chi connectivity index (χ0) is 82.0. The minimum Gasteiger partial charge on any atom is -0.456 e. The maximum absolute atomic E-state index is 6.92. The standard InChI is InChI=1S/2C57H38N4O/c1-4-15-37(16-5-1)39-29-31-40(32-30-39)43-22-13-24-45(36-43)61-49-28-11-10-25-46(49)52-50(61)33-34-51-53(52)47-26-14-27-48(54(47)62-51)57-59-55(41-19-8-3-9-20-41)58-56(60-57)44-23-12-21-42(35-44)38-17-6-2-7-18-38;1-4-14-37(15-5-1)39-26-28-41(29-27-39)44-20-12-21-45(36-44)61-49-25-11-10-22-46(49)52-50(61)34-35-51-53(52)47-23-13-24-48(54(47)62-51)57-59-55(42-18-8-3-9-19-42)58-56(60-57)43-32-30-40(31-33-43)38-16-6-2-7-17-38/h2*1-36,50,52H. The SMILES string of the molecule is C1=CC2C(c3ccccc3N2c2cccc(-c3ccc(-c4ccccc4)cc3)c2)c2c1oc1c(-c3nc(-c4ccccc4)nc(-c4ccc(-c5ccccc5)cc4)n3)cccc21.C1=CC2C(c3ccccc3N2c2cccc(-c3ccc(-c4ccccc4)cc3)c2)c2c1oc1c(-c3nc(-c4ccccc4)nc(-c4cccc(-c5ccccc5)c4)n3)cccc21. The molecule has 0 saturated heterocycles. The molecule has 4 aliphatic rings. The van der Waals surface area contributed by atoms with Crippen molar-refractivity contribution in [3.8, 4) is 135 Å². The first-order valence-electron chi connectivity index (χ1n) is 42.2. The molecule has 4 atom stereocenters. The molecular weight excluding hydrogens is 1510 g/mol. The van der Waals surface area contributed by atoms with E-state index in [2.05, 4.69) is 374 Å². The van der Waals surface area contributed by atoms with Crippen LogP contribution in [0.25, 0.3) is 169 Å². The van der Waals surface area contributed by atoms with Crippen LogP contribution in [0.3, 0.4) is 0 Å². The summed E-state index contributed by atoms with van der Waals surface area (Å²) >= 11 is 0. The van der Waals surface area contributed by atoms with Gasteiger partial charge in [0.15, 0.2) is 34.9 Å². The van der Waals surface area contributed by atoms with Crippen molar-refractivity contribution in [2.24, 2.45) is 0 Å². The van der Waals surface area contributed by atoms with Gasteiger partial charge >= 0.3 is 0 Å². The van der Waals surface area contributed by atoms with Crippen LogP contribution in [-0.2, 0) is 0 Å². The summed E-state index contributed by atoms with van der Waals surface area (Å²) in [6.07, 6.45) is 8.94. The lowest BCUT2D eigenvalue weighted by Crippen LogP contribution is -2.30. The predicted molar refractivity (Wildman–Crippen MR) is 504 cm³/mol. The Hall–Kier alpha value is -16.3. The zero-order valence-electron chi connectivity index (χ0n) is 67.3. The number of aromatic nitrogens is 6. The number of anilines is 4. The summed E-state index contributed by atoms with van der Waals surface area (Å²) in [5, 5.41) is 2.13. The van der Waals surface area contributed by atoms with E-state index in [1.54, 1.807) is 0 Å². The van der Waals surface area contributed by atoms with E-state index in [1.165, 1.54) is 78.1 Å².